The van der Waals surface area contributed by atoms with E-state index in [0.717, 1.165) is 21.6 Å². The monoisotopic (exact) mass is 1270 g/mol. The van der Waals surface area contributed by atoms with Gasteiger partial charge < -0.3 is 91.6 Å². The molecule has 0 saturated carbocycles. The second kappa shape index (κ2) is 33.4. The molecule has 8 atom stereocenters. The predicted octanol–water partition coefficient (Wildman–Crippen LogP) is -4.72. The number of hydrogen-bond acceptors (Lipinski definition) is 18. The number of para-hydroxylation sites is 1. The highest BCUT2D eigenvalue weighted by Crippen LogP contribution is 2.25. The number of carboxylic acids is 1. The number of primary amides is 1. The molecule has 33 nitrogen and oxygen atoms in total. The maximum atomic E-state index is 14.8. The molecule has 0 spiro atoms. The SMILES string of the molecule is NC(=O)[C@@H]1CSSC[C@H](NC(=O)CN2CC(=O)N(C(=O)C(N)CCCN=C(N)N)C2=O)C(=O)N[C@@H](CCC(=O)O)C(=O)N[C@@H](Cc2cnc[nH]2)C(=O)N[C@@H](Cc2ccccc2)C(=O)N[C@@H](CCCN=C(N)N)C(=O)N[C@@H](Cc2c[nH]c3ccccc23)C(=O)N1. The van der Waals surface area contributed by atoms with Gasteiger partial charge in [0.15, 0.2) is 11.9 Å². The normalized spacial score (nSPS) is 21.5. The lowest BCUT2D eigenvalue weighted by Crippen LogP contribution is -2.61. The summed E-state index contributed by atoms with van der Waals surface area (Å²) in [6.07, 6.45) is 2.43. The van der Waals surface area contributed by atoms with E-state index in [1.165, 1.54) is 12.5 Å². The fraction of sp³-hybridized carbons (Fsp3) is 0.426. The average molecular weight is 1270 g/mol. The van der Waals surface area contributed by atoms with Gasteiger partial charge >= 0.3 is 12.0 Å². The van der Waals surface area contributed by atoms with Crippen LogP contribution in [0.25, 0.3) is 10.9 Å². The van der Waals surface area contributed by atoms with Gasteiger partial charge in [0.25, 0.3) is 11.8 Å². The number of hydrogen-bond donors (Lipinski definition) is 16. The fourth-order valence-corrected chi connectivity index (χ4v) is 11.6. The highest BCUT2D eigenvalue weighted by Gasteiger charge is 2.43. The topological polar surface area (TPSA) is 541 Å². The number of H-pyrrole nitrogens is 2. The number of aromatic nitrogens is 3. The number of carboxylic acid groups (broad SMARTS) is 1. The molecule has 12 amide bonds. The lowest BCUT2D eigenvalue weighted by atomic mass is 10.0. The summed E-state index contributed by atoms with van der Waals surface area (Å²) in [5.74, 6) is -12.6. The van der Waals surface area contributed by atoms with Crippen molar-refractivity contribution < 1.29 is 62.6 Å². The third-order valence-corrected chi connectivity index (χ3v) is 16.3. The summed E-state index contributed by atoms with van der Waals surface area (Å²) >= 11 is 0. The van der Waals surface area contributed by atoms with Crippen LogP contribution < -0.4 is 71.6 Å². The van der Waals surface area contributed by atoms with Crippen LogP contribution in [0.2, 0.25) is 0 Å². The number of imide groups is 3. The van der Waals surface area contributed by atoms with Crippen LogP contribution in [-0.2, 0) is 72.0 Å². The molecule has 35 heteroatoms. The zero-order valence-electron chi connectivity index (χ0n) is 48.0. The van der Waals surface area contributed by atoms with Crippen LogP contribution in [0.3, 0.4) is 0 Å². The number of rotatable bonds is 22. The predicted molar refractivity (Wildman–Crippen MR) is 326 cm³/mol. The van der Waals surface area contributed by atoms with Gasteiger partial charge in [-0.1, -0.05) is 70.1 Å². The number of aliphatic carboxylic acids is 1. The number of aliphatic imine (C=N–C) groups is 2. The van der Waals surface area contributed by atoms with E-state index < -0.39 is 151 Å². The molecule has 2 saturated heterocycles. The number of nitrogens with one attached hydrogen (secondary N) is 9. The molecule has 2 aromatic carbocycles. The zero-order chi connectivity index (χ0) is 64.7. The summed E-state index contributed by atoms with van der Waals surface area (Å²) in [7, 11) is 1.73. The number of aromatic amines is 2. The second-order valence-corrected chi connectivity index (χ2v) is 23.2. The smallest absolute Gasteiger partial charge is 0.334 e. The molecule has 2 aliphatic rings. The van der Waals surface area contributed by atoms with Gasteiger partial charge in [0.1, 0.15) is 55.4 Å². The van der Waals surface area contributed by atoms with Crippen molar-refractivity contribution in [1.82, 2.24) is 62.0 Å². The van der Waals surface area contributed by atoms with Crippen molar-refractivity contribution in [2.24, 2.45) is 44.4 Å². The van der Waals surface area contributed by atoms with Crippen LogP contribution in [0.5, 0.6) is 0 Å². The van der Waals surface area contributed by atoms with Crippen LogP contribution in [0.1, 0.15) is 55.3 Å². The molecular formula is C54H72N20O13S2. The van der Waals surface area contributed by atoms with Crippen molar-refractivity contribution in [2.45, 2.75) is 106 Å². The number of nitrogens with two attached hydrogens (primary N) is 6. The zero-order valence-corrected chi connectivity index (χ0v) is 49.6. The second-order valence-electron chi connectivity index (χ2n) is 20.6. The number of benzene rings is 2. The minimum absolute atomic E-state index is 0.00284. The summed E-state index contributed by atoms with van der Waals surface area (Å²) in [6.45, 7) is -1.56. The van der Waals surface area contributed by atoms with Crippen LogP contribution in [0, 0.1) is 0 Å². The number of carbonyl (C=O) groups excluding carboxylic acids is 11. The van der Waals surface area contributed by atoms with Crippen molar-refractivity contribution in [3.05, 3.63) is 90.1 Å². The molecule has 1 unspecified atom stereocenters. The third kappa shape index (κ3) is 21.0. The van der Waals surface area contributed by atoms with Crippen molar-refractivity contribution in [3.8, 4) is 0 Å². The molecule has 4 aromatic rings. The molecule has 89 heavy (non-hydrogen) atoms. The summed E-state index contributed by atoms with van der Waals surface area (Å²) in [4.78, 5) is 185. The Morgan fingerprint density at radius 3 is 1.89 bits per heavy atom. The fourth-order valence-electron chi connectivity index (χ4n) is 9.28. The maximum Gasteiger partial charge on any atom is 0.334 e. The molecule has 6 rings (SSSR count). The van der Waals surface area contributed by atoms with Crippen LogP contribution >= 0.6 is 21.6 Å². The Balaban J connectivity index is 1.36. The first-order valence-electron chi connectivity index (χ1n) is 27.9. The van der Waals surface area contributed by atoms with Gasteiger partial charge in [-0.25, -0.2) is 9.78 Å². The Kier molecular flexibility index (Phi) is 25.6. The molecule has 0 radical (unpaired) electrons. The van der Waals surface area contributed by atoms with E-state index in [4.69, 9.17) is 34.4 Å². The van der Waals surface area contributed by atoms with Gasteiger partial charge in [-0.15, -0.1) is 0 Å². The lowest BCUT2D eigenvalue weighted by Gasteiger charge is -2.28. The molecule has 22 N–H and O–H groups in total. The van der Waals surface area contributed by atoms with Crippen molar-refractivity contribution in [1.29, 1.82) is 0 Å². The number of nitrogens with zero attached hydrogens (tertiary/aromatic N) is 5. The van der Waals surface area contributed by atoms with Crippen LogP contribution in [0.15, 0.2) is 83.3 Å². The van der Waals surface area contributed by atoms with Gasteiger partial charge in [0.2, 0.25) is 47.3 Å². The number of amides is 12. The Labute approximate surface area is 516 Å². The van der Waals surface area contributed by atoms with Gasteiger partial charge in [-0.2, -0.15) is 4.90 Å². The number of fused-ring (bicyclic) bond motifs is 1. The number of carbonyl (C=O) groups is 12. The van der Waals surface area contributed by atoms with Gasteiger partial charge in [0, 0.05) is 79.3 Å². The van der Waals surface area contributed by atoms with E-state index in [-0.39, 0.29) is 80.6 Å². The molecule has 478 valence electrons. The standard InChI is InChI=1S/C54H72N20O13S2/c55-32(11-6-16-62-52(57)58)51(86)74-42(76)24-73(54(74)87)23-41(75)66-40-26-89-88-25-39(44(56)79)72-48(83)37(19-29-21-64-33-12-5-4-10-31(29)33)70-45(80)34(13-7-17-63-53(59)60)67-47(82)36(18-28-8-2-1-3-9-28)69-49(84)38(20-30-22-61-27-65-30)71-46(81)35(68-50(40)85)14-15-43(77)78/h1-5,8-10,12,21-22,27,32,34-40,64H,6-7,11,13-20,23-26,55H2,(H2,56,79)(H,61,65)(H,66,75)(H,67,82)(H,68,85)(H,69,84)(H,70,80)(H,71,81)(H,72,83)(H,77,78)(H4,57,58,62)(H4,59,60,63)/t32?,34-,35-,36-,37-,38-,39-,40-/m0/s1. The summed E-state index contributed by atoms with van der Waals surface area (Å²) < 4.78 is 0. The Bertz CT molecular complexity index is 3270. The highest BCUT2D eigenvalue weighted by molar-refractivity contribution is 8.76. The molecule has 2 aliphatic heterocycles. The van der Waals surface area contributed by atoms with E-state index in [2.05, 4.69) is 62.2 Å². The Morgan fingerprint density at radius 2 is 1.25 bits per heavy atom. The quantitative estimate of drug-likeness (QED) is 0.0116. The summed E-state index contributed by atoms with van der Waals surface area (Å²) in [6, 6.07) is 2.07. The van der Waals surface area contributed by atoms with E-state index >= 15 is 0 Å². The van der Waals surface area contributed by atoms with Gasteiger partial charge in [-0.3, -0.25) is 62.7 Å². The first kappa shape index (κ1) is 68.3. The van der Waals surface area contributed by atoms with E-state index in [9.17, 15) is 62.6 Å². The number of guanidine groups is 2. The molecule has 0 aliphatic carbocycles. The van der Waals surface area contributed by atoms with Gasteiger partial charge in [0.05, 0.1) is 12.4 Å². The van der Waals surface area contributed by atoms with E-state index in [0.29, 0.717) is 32.6 Å². The Morgan fingerprint density at radius 1 is 0.674 bits per heavy atom. The first-order chi connectivity index (χ1) is 42.5. The van der Waals surface area contributed by atoms with Crippen molar-refractivity contribution in [3.63, 3.8) is 0 Å². The molecule has 2 fully saturated rings. The minimum Gasteiger partial charge on any atom is -0.481 e. The minimum atomic E-state index is -1.76. The number of urea groups is 1. The van der Waals surface area contributed by atoms with Crippen LogP contribution in [0.4, 0.5) is 4.79 Å². The summed E-state index contributed by atoms with van der Waals surface area (Å²) in [5, 5.41) is 28.7. The van der Waals surface area contributed by atoms with Crippen molar-refractivity contribution >= 4 is 115 Å². The molecule has 4 heterocycles. The van der Waals surface area contributed by atoms with Gasteiger partial charge in [-0.05, 0) is 49.3 Å². The third-order valence-electron chi connectivity index (χ3n) is 13.9. The molecule has 2 aromatic heterocycles. The maximum absolute atomic E-state index is 14.8. The Hall–Kier alpha value is -9.77. The van der Waals surface area contributed by atoms with E-state index in [1.54, 1.807) is 60.8 Å². The largest absolute Gasteiger partial charge is 0.481 e. The number of imidazole rings is 1. The molecular weight excluding hydrogens is 1200 g/mol. The van der Waals surface area contributed by atoms with Crippen molar-refractivity contribution in [2.75, 3.05) is 37.7 Å². The summed E-state index contributed by atoms with van der Waals surface area (Å²) in [5.41, 5.74) is 35.8. The highest BCUT2D eigenvalue weighted by atomic mass is 33.1. The molecule has 0 bridgehead atoms. The van der Waals surface area contributed by atoms with Crippen LogP contribution in [-0.4, -0.2) is 199 Å². The first-order valence-corrected chi connectivity index (χ1v) is 30.4. The average Bonchev–Trinajstić information content (AvgIpc) is 2.88. The lowest BCUT2D eigenvalue weighted by molar-refractivity contribution is -0.140. The van der Waals surface area contributed by atoms with E-state index in [1.807, 2.05) is 0 Å².